The summed E-state index contributed by atoms with van der Waals surface area (Å²) < 4.78 is 6.50. The molecule has 2 aromatic heterocycles. The molecular weight excluding hydrogens is 258 g/mol. The van der Waals surface area contributed by atoms with E-state index in [9.17, 15) is 9.59 Å². The number of ether oxygens (including phenoxy) is 1. The van der Waals surface area contributed by atoms with Crippen LogP contribution in [-0.2, 0) is 4.74 Å². The minimum Gasteiger partial charge on any atom is -0.462 e. The molecule has 0 saturated heterocycles. The van der Waals surface area contributed by atoms with E-state index in [2.05, 4.69) is 10.1 Å². The van der Waals surface area contributed by atoms with Crippen molar-refractivity contribution in [3.8, 4) is 0 Å². The summed E-state index contributed by atoms with van der Waals surface area (Å²) >= 11 is 0. The van der Waals surface area contributed by atoms with E-state index in [0.717, 1.165) is 5.56 Å². The van der Waals surface area contributed by atoms with Gasteiger partial charge in [0.05, 0.1) is 23.7 Å². The minimum absolute atomic E-state index is 0.248. The average molecular weight is 271 g/mol. The summed E-state index contributed by atoms with van der Waals surface area (Å²) in [6, 6.07) is 5.50. The summed E-state index contributed by atoms with van der Waals surface area (Å²) in [6.45, 7) is 3.91. The fourth-order valence-corrected chi connectivity index (χ4v) is 2.20. The van der Waals surface area contributed by atoms with Gasteiger partial charge in [-0.2, -0.15) is 5.10 Å². The van der Waals surface area contributed by atoms with Gasteiger partial charge in [0.2, 0.25) is 0 Å². The van der Waals surface area contributed by atoms with Crippen molar-refractivity contribution >= 4 is 22.5 Å². The van der Waals surface area contributed by atoms with Crippen LogP contribution in [0.4, 0.5) is 0 Å². The van der Waals surface area contributed by atoms with Crippen molar-refractivity contribution in [3.05, 3.63) is 45.9 Å². The Hall–Kier alpha value is -2.63. The second-order valence-corrected chi connectivity index (χ2v) is 4.51. The molecule has 0 spiro atoms. The molecule has 102 valence electrons. The normalized spacial score (nSPS) is 11.1. The van der Waals surface area contributed by atoms with Gasteiger partial charge < -0.3 is 9.72 Å². The number of aryl methyl sites for hydroxylation is 1. The summed E-state index contributed by atoms with van der Waals surface area (Å²) in [5.41, 5.74) is 2.00. The first kappa shape index (κ1) is 12.4. The molecule has 0 unspecified atom stereocenters. The third kappa shape index (κ3) is 1.77. The first-order chi connectivity index (χ1) is 9.61. The van der Waals surface area contributed by atoms with Gasteiger partial charge in [-0.05, 0) is 26.0 Å². The Kier molecular flexibility index (Phi) is 2.78. The minimum atomic E-state index is -0.496. The average Bonchev–Trinajstić information content (AvgIpc) is 2.83. The first-order valence-electron chi connectivity index (χ1n) is 6.29. The molecule has 0 aliphatic carbocycles. The quantitative estimate of drug-likeness (QED) is 0.719. The van der Waals surface area contributed by atoms with Crippen LogP contribution in [0, 0.1) is 6.92 Å². The SMILES string of the molecule is CCOC(=O)c1cnn2c1[nH]c(=O)c1cc(C)ccc12. The second-order valence-electron chi connectivity index (χ2n) is 4.51. The molecule has 1 N–H and O–H groups in total. The molecule has 0 aliphatic rings. The Morgan fingerprint density at radius 3 is 3.00 bits per heavy atom. The zero-order valence-electron chi connectivity index (χ0n) is 11.1. The van der Waals surface area contributed by atoms with Crippen molar-refractivity contribution in [1.82, 2.24) is 14.6 Å². The fraction of sp³-hybridized carbons (Fsp3) is 0.214. The number of carbonyl (C=O) groups is 1. The molecule has 6 nitrogen and oxygen atoms in total. The number of nitrogens with one attached hydrogen (secondary N) is 1. The van der Waals surface area contributed by atoms with Gasteiger partial charge in [-0.15, -0.1) is 0 Å². The van der Waals surface area contributed by atoms with Gasteiger partial charge in [-0.1, -0.05) is 11.6 Å². The van der Waals surface area contributed by atoms with Gasteiger partial charge in [0, 0.05) is 0 Å². The van der Waals surface area contributed by atoms with Crippen molar-refractivity contribution in [3.63, 3.8) is 0 Å². The third-order valence-corrected chi connectivity index (χ3v) is 3.12. The molecular formula is C14H13N3O3. The predicted octanol–water partition coefficient (Wildman–Crippen LogP) is 1.66. The molecule has 20 heavy (non-hydrogen) atoms. The lowest BCUT2D eigenvalue weighted by Gasteiger charge is -2.03. The lowest BCUT2D eigenvalue weighted by Crippen LogP contribution is -2.12. The van der Waals surface area contributed by atoms with Crippen LogP contribution in [-0.4, -0.2) is 27.2 Å². The molecule has 1 aromatic carbocycles. The molecule has 0 aliphatic heterocycles. The maximum absolute atomic E-state index is 12.1. The summed E-state index contributed by atoms with van der Waals surface area (Å²) in [6.07, 6.45) is 1.41. The summed E-state index contributed by atoms with van der Waals surface area (Å²) in [4.78, 5) is 26.6. The maximum Gasteiger partial charge on any atom is 0.343 e. The van der Waals surface area contributed by atoms with Gasteiger partial charge in [0.25, 0.3) is 5.56 Å². The molecule has 0 bridgehead atoms. The number of H-pyrrole nitrogens is 1. The van der Waals surface area contributed by atoms with E-state index < -0.39 is 5.97 Å². The molecule has 3 aromatic rings. The van der Waals surface area contributed by atoms with Crippen LogP contribution in [0.25, 0.3) is 16.6 Å². The standard InChI is InChI=1S/C14H13N3O3/c1-3-20-14(19)10-7-15-17-11-5-4-8(2)6-9(11)13(18)16-12(10)17/h4-7H,3H2,1-2H3,(H,16,18). The van der Waals surface area contributed by atoms with E-state index in [1.54, 1.807) is 17.5 Å². The van der Waals surface area contributed by atoms with Crippen molar-refractivity contribution < 1.29 is 9.53 Å². The maximum atomic E-state index is 12.1. The zero-order chi connectivity index (χ0) is 14.3. The largest absolute Gasteiger partial charge is 0.462 e. The van der Waals surface area contributed by atoms with Gasteiger partial charge in [0.15, 0.2) is 5.65 Å². The lowest BCUT2D eigenvalue weighted by atomic mass is 10.2. The molecule has 6 heteroatoms. The number of hydrogen-bond donors (Lipinski definition) is 1. The van der Waals surface area contributed by atoms with Crippen molar-refractivity contribution in [1.29, 1.82) is 0 Å². The molecule has 0 fully saturated rings. The Bertz CT molecular complexity index is 876. The highest BCUT2D eigenvalue weighted by Gasteiger charge is 2.16. The van der Waals surface area contributed by atoms with Crippen molar-refractivity contribution in [2.24, 2.45) is 0 Å². The summed E-state index contributed by atoms with van der Waals surface area (Å²) in [5.74, 6) is -0.496. The van der Waals surface area contributed by atoms with Crippen LogP contribution >= 0.6 is 0 Å². The van der Waals surface area contributed by atoms with E-state index in [0.29, 0.717) is 16.6 Å². The lowest BCUT2D eigenvalue weighted by molar-refractivity contribution is 0.0528. The molecule has 3 rings (SSSR count). The molecule has 0 amide bonds. The highest BCUT2D eigenvalue weighted by molar-refractivity contribution is 5.97. The van der Waals surface area contributed by atoms with Gasteiger partial charge >= 0.3 is 5.97 Å². The number of benzene rings is 1. The van der Waals surface area contributed by atoms with Gasteiger partial charge in [-0.3, -0.25) is 4.79 Å². The monoisotopic (exact) mass is 271 g/mol. The number of hydrogen-bond acceptors (Lipinski definition) is 4. The van der Waals surface area contributed by atoms with Gasteiger partial charge in [-0.25, -0.2) is 9.31 Å². The highest BCUT2D eigenvalue weighted by Crippen LogP contribution is 2.16. The van der Waals surface area contributed by atoms with E-state index >= 15 is 0 Å². The number of esters is 1. The predicted molar refractivity (Wildman–Crippen MR) is 74.0 cm³/mol. The fourth-order valence-electron chi connectivity index (χ4n) is 2.20. The van der Waals surface area contributed by atoms with Crippen LogP contribution in [0.2, 0.25) is 0 Å². The molecule has 0 atom stereocenters. The van der Waals surface area contributed by atoms with Crippen LogP contribution < -0.4 is 5.56 Å². The number of nitrogens with zero attached hydrogens (tertiary/aromatic N) is 2. The Labute approximate surface area is 114 Å². The van der Waals surface area contributed by atoms with Gasteiger partial charge in [0.1, 0.15) is 5.56 Å². The first-order valence-corrected chi connectivity index (χ1v) is 6.29. The third-order valence-electron chi connectivity index (χ3n) is 3.12. The van der Waals surface area contributed by atoms with E-state index in [4.69, 9.17) is 4.74 Å². The van der Waals surface area contributed by atoms with Crippen LogP contribution in [0.3, 0.4) is 0 Å². The molecule has 0 radical (unpaired) electrons. The Balaban J connectivity index is 2.36. The van der Waals surface area contributed by atoms with Crippen molar-refractivity contribution in [2.45, 2.75) is 13.8 Å². The van der Waals surface area contributed by atoms with Crippen molar-refractivity contribution in [2.75, 3.05) is 6.61 Å². The smallest absolute Gasteiger partial charge is 0.343 e. The van der Waals surface area contributed by atoms with E-state index in [1.807, 2.05) is 19.1 Å². The topological polar surface area (TPSA) is 76.5 Å². The number of aromatic amines is 1. The van der Waals surface area contributed by atoms with Crippen LogP contribution in [0.1, 0.15) is 22.8 Å². The van der Waals surface area contributed by atoms with E-state index in [1.165, 1.54) is 6.20 Å². The Morgan fingerprint density at radius 1 is 1.45 bits per heavy atom. The Morgan fingerprint density at radius 2 is 2.25 bits per heavy atom. The molecule has 0 saturated carbocycles. The summed E-state index contributed by atoms with van der Waals surface area (Å²) in [5, 5.41) is 4.70. The molecule has 2 heterocycles. The highest BCUT2D eigenvalue weighted by atomic mass is 16.5. The number of rotatable bonds is 2. The second kappa shape index (κ2) is 4.48. The van der Waals surface area contributed by atoms with Crippen LogP contribution in [0.5, 0.6) is 0 Å². The zero-order valence-corrected chi connectivity index (χ0v) is 11.1. The van der Waals surface area contributed by atoms with Crippen LogP contribution in [0.15, 0.2) is 29.2 Å². The number of fused-ring (bicyclic) bond motifs is 3. The van der Waals surface area contributed by atoms with E-state index in [-0.39, 0.29) is 17.7 Å². The number of aromatic nitrogens is 3. The number of carbonyl (C=O) groups excluding carboxylic acids is 1. The summed E-state index contributed by atoms with van der Waals surface area (Å²) in [7, 11) is 0.